The molecule has 0 bridgehead atoms. The fourth-order valence-electron chi connectivity index (χ4n) is 0.394. The van der Waals surface area contributed by atoms with Crippen molar-refractivity contribution in [2.45, 2.75) is 53.6 Å². The zero-order valence-electron chi connectivity index (χ0n) is 10.8. The van der Waals surface area contributed by atoms with E-state index in [9.17, 15) is 4.79 Å². The molecular weight excluding hydrogens is 178 g/mol. The van der Waals surface area contributed by atoms with Gasteiger partial charge in [-0.2, -0.15) is 0 Å². The highest BCUT2D eigenvalue weighted by Gasteiger charge is 2.07. The van der Waals surface area contributed by atoms with Crippen LogP contribution in [0.2, 0.25) is 0 Å². The van der Waals surface area contributed by atoms with Crippen LogP contribution in [-0.4, -0.2) is 25.7 Å². The first-order valence-electron chi connectivity index (χ1n) is 5.24. The molecule has 0 aromatic heterocycles. The van der Waals surface area contributed by atoms with Gasteiger partial charge < -0.3 is 10.1 Å². The van der Waals surface area contributed by atoms with Crippen LogP contribution in [0.25, 0.3) is 0 Å². The molecular formula is C11H27NO2. The maximum atomic E-state index is 9.60. The molecule has 0 fully saturated rings. The molecule has 0 aliphatic carbocycles. The highest BCUT2D eigenvalue weighted by Crippen LogP contribution is 2.02. The largest absolute Gasteiger partial charge is 0.462 e. The van der Waals surface area contributed by atoms with Crippen molar-refractivity contribution >= 4 is 6.47 Å². The molecule has 14 heavy (non-hydrogen) atoms. The number of hydrogen-bond donors (Lipinski definition) is 1. The summed E-state index contributed by atoms with van der Waals surface area (Å²) in [4.78, 5) is 9.60. The van der Waals surface area contributed by atoms with E-state index in [-0.39, 0.29) is 5.60 Å². The maximum Gasteiger partial charge on any atom is 0.293 e. The normalized spacial score (nSPS) is 8.79. The molecule has 0 spiro atoms. The quantitative estimate of drug-likeness (QED) is 0.720. The zero-order valence-corrected chi connectivity index (χ0v) is 10.8. The molecule has 0 aliphatic rings. The summed E-state index contributed by atoms with van der Waals surface area (Å²) < 4.78 is 4.55. The molecule has 0 heterocycles. The molecule has 3 nitrogen and oxygen atoms in total. The van der Waals surface area contributed by atoms with Crippen molar-refractivity contribution in [1.82, 2.24) is 5.32 Å². The van der Waals surface area contributed by atoms with Gasteiger partial charge in [0.15, 0.2) is 0 Å². The maximum absolute atomic E-state index is 9.60. The number of nitrogens with one attached hydrogen (secondary N) is 1. The van der Waals surface area contributed by atoms with Crippen LogP contribution in [0.4, 0.5) is 0 Å². The standard InChI is InChI=1S/C5H10O2.C4H11N.C2H6/c1-5(2,3)7-4-6;1-3-4-5-2;1-2/h4H,1-3H3;5H,3-4H2,1-2H3;1-2H3. The van der Waals surface area contributed by atoms with E-state index in [1.807, 2.05) is 41.7 Å². The Hall–Kier alpha value is -0.570. The molecule has 0 saturated carbocycles. The molecule has 88 valence electrons. The summed E-state index contributed by atoms with van der Waals surface area (Å²) in [5, 5.41) is 3.02. The predicted octanol–water partition coefficient (Wildman–Crippen LogP) is 2.60. The van der Waals surface area contributed by atoms with Gasteiger partial charge in [0, 0.05) is 0 Å². The average molecular weight is 205 g/mol. The van der Waals surface area contributed by atoms with Gasteiger partial charge in [-0.05, 0) is 40.8 Å². The molecule has 0 radical (unpaired) electrons. The number of carbonyl (C=O) groups is 1. The minimum Gasteiger partial charge on any atom is -0.462 e. The number of ether oxygens (including phenoxy) is 1. The van der Waals surface area contributed by atoms with Crippen molar-refractivity contribution in [3.63, 3.8) is 0 Å². The van der Waals surface area contributed by atoms with Gasteiger partial charge in [0.2, 0.25) is 0 Å². The minimum absolute atomic E-state index is 0.318. The van der Waals surface area contributed by atoms with Gasteiger partial charge in [-0.3, -0.25) is 4.79 Å². The minimum atomic E-state index is -0.318. The Bertz CT molecular complexity index is 96.0. The third-order valence-corrected chi connectivity index (χ3v) is 0.902. The van der Waals surface area contributed by atoms with Gasteiger partial charge in [-0.1, -0.05) is 20.8 Å². The monoisotopic (exact) mass is 205 g/mol. The lowest BCUT2D eigenvalue weighted by Crippen LogP contribution is -2.17. The van der Waals surface area contributed by atoms with Crippen molar-refractivity contribution in [3.05, 3.63) is 0 Å². The van der Waals surface area contributed by atoms with E-state index in [1.165, 1.54) is 6.42 Å². The van der Waals surface area contributed by atoms with Gasteiger partial charge in [0.25, 0.3) is 6.47 Å². The van der Waals surface area contributed by atoms with E-state index in [0.29, 0.717) is 6.47 Å². The van der Waals surface area contributed by atoms with Gasteiger partial charge in [-0.15, -0.1) is 0 Å². The van der Waals surface area contributed by atoms with Crippen LogP contribution in [0.15, 0.2) is 0 Å². The molecule has 0 atom stereocenters. The lowest BCUT2D eigenvalue weighted by molar-refractivity contribution is -0.138. The van der Waals surface area contributed by atoms with Crippen molar-refractivity contribution in [3.8, 4) is 0 Å². The van der Waals surface area contributed by atoms with Gasteiger partial charge >= 0.3 is 0 Å². The molecule has 0 rings (SSSR count). The summed E-state index contributed by atoms with van der Waals surface area (Å²) in [5.74, 6) is 0. The molecule has 0 unspecified atom stereocenters. The number of rotatable bonds is 3. The SMILES string of the molecule is CC.CC(C)(C)OC=O.CCCNC. The first-order chi connectivity index (χ1) is 6.47. The number of hydrogen-bond acceptors (Lipinski definition) is 3. The zero-order chi connectivity index (χ0) is 12.0. The lowest BCUT2D eigenvalue weighted by Gasteiger charge is -2.14. The fraction of sp³-hybridized carbons (Fsp3) is 0.909. The smallest absolute Gasteiger partial charge is 0.293 e. The predicted molar refractivity (Wildman–Crippen MR) is 62.5 cm³/mol. The molecule has 0 aromatic carbocycles. The third kappa shape index (κ3) is 42.2. The van der Waals surface area contributed by atoms with E-state index < -0.39 is 0 Å². The van der Waals surface area contributed by atoms with Gasteiger partial charge in [0.05, 0.1) is 0 Å². The van der Waals surface area contributed by atoms with E-state index in [2.05, 4.69) is 17.0 Å². The lowest BCUT2D eigenvalue weighted by atomic mass is 10.2. The van der Waals surface area contributed by atoms with Crippen LogP contribution >= 0.6 is 0 Å². The van der Waals surface area contributed by atoms with Gasteiger partial charge in [-0.25, -0.2) is 0 Å². The van der Waals surface area contributed by atoms with E-state index in [1.54, 1.807) is 0 Å². The Morgan fingerprint density at radius 3 is 1.71 bits per heavy atom. The second-order valence-corrected chi connectivity index (χ2v) is 3.43. The molecule has 0 aromatic rings. The van der Waals surface area contributed by atoms with Crippen molar-refractivity contribution in [2.24, 2.45) is 0 Å². The summed E-state index contributed by atoms with van der Waals surface area (Å²) in [6, 6.07) is 0. The topological polar surface area (TPSA) is 38.3 Å². The highest BCUT2D eigenvalue weighted by molar-refractivity contribution is 5.37. The summed E-state index contributed by atoms with van der Waals surface area (Å²) in [6.45, 7) is 13.2. The molecule has 0 amide bonds. The van der Waals surface area contributed by atoms with Crippen LogP contribution in [0.1, 0.15) is 48.0 Å². The molecule has 0 saturated heterocycles. The Kier molecular flexibility index (Phi) is 20.3. The summed E-state index contributed by atoms with van der Waals surface area (Å²) in [6.07, 6.45) is 1.23. The van der Waals surface area contributed by atoms with Gasteiger partial charge in [0.1, 0.15) is 5.60 Å². The Balaban J connectivity index is -0.000000152. The third-order valence-electron chi connectivity index (χ3n) is 0.902. The van der Waals surface area contributed by atoms with Crippen LogP contribution in [0.5, 0.6) is 0 Å². The first-order valence-corrected chi connectivity index (χ1v) is 5.24. The Morgan fingerprint density at radius 2 is 1.71 bits per heavy atom. The van der Waals surface area contributed by atoms with Crippen molar-refractivity contribution in [2.75, 3.05) is 13.6 Å². The fourth-order valence-corrected chi connectivity index (χ4v) is 0.394. The van der Waals surface area contributed by atoms with Crippen molar-refractivity contribution < 1.29 is 9.53 Å². The van der Waals surface area contributed by atoms with Crippen LogP contribution < -0.4 is 5.32 Å². The molecule has 0 aliphatic heterocycles. The highest BCUT2D eigenvalue weighted by atomic mass is 16.5. The first kappa shape index (κ1) is 19.1. The van der Waals surface area contributed by atoms with E-state index in [0.717, 1.165) is 6.54 Å². The van der Waals surface area contributed by atoms with Crippen LogP contribution in [0.3, 0.4) is 0 Å². The second-order valence-electron chi connectivity index (χ2n) is 3.43. The van der Waals surface area contributed by atoms with E-state index >= 15 is 0 Å². The van der Waals surface area contributed by atoms with E-state index in [4.69, 9.17) is 0 Å². The molecule has 3 heteroatoms. The second kappa shape index (κ2) is 14.9. The van der Waals surface area contributed by atoms with Crippen LogP contribution in [0, 0.1) is 0 Å². The molecule has 1 N–H and O–H groups in total. The van der Waals surface area contributed by atoms with Crippen LogP contribution in [-0.2, 0) is 9.53 Å². The Morgan fingerprint density at radius 1 is 1.29 bits per heavy atom. The van der Waals surface area contributed by atoms with Crippen molar-refractivity contribution in [1.29, 1.82) is 0 Å². The average Bonchev–Trinajstić information content (AvgIpc) is 2.08. The summed E-state index contributed by atoms with van der Waals surface area (Å²) in [7, 11) is 1.96. The summed E-state index contributed by atoms with van der Waals surface area (Å²) in [5.41, 5.74) is -0.318. The summed E-state index contributed by atoms with van der Waals surface area (Å²) >= 11 is 0. The number of carbonyl (C=O) groups excluding carboxylic acids is 1. The Labute approximate surface area is 89.2 Å².